The van der Waals surface area contributed by atoms with E-state index in [4.69, 9.17) is 6.42 Å². The molecule has 11 heavy (non-hydrogen) atoms. The van der Waals surface area contributed by atoms with Gasteiger partial charge < -0.3 is 0 Å². The highest BCUT2D eigenvalue weighted by molar-refractivity contribution is 4.80. The first-order valence-electron chi connectivity index (χ1n) is 4.68. The zero-order chi connectivity index (χ0) is 9.54. The van der Waals surface area contributed by atoms with Crippen LogP contribution >= 0.6 is 0 Å². The molecule has 0 unspecified atom stereocenters. The molecular weight excluding hydrogens is 132 g/mol. The molecule has 0 bridgehead atoms. The molecule has 0 saturated carbocycles. The highest BCUT2D eigenvalue weighted by atomic mass is 13.6. The Bertz CT molecular complexity index is 54.9. The summed E-state index contributed by atoms with van der Waals surface area (Å²) >= 11 is 0. The minimum absolute atomic E-state index is 0.847. The summed E-state index contributed by atoms with van der Waals surface area (Å²) in [5, 5.41) is 0. The van der Waals surface area contributed by atoms with Crippen molar-refractivity contribution >= 4 is 0 Å². The van der Waals surface area contributed by atoms with Gasteiger partial charge >= 0.3 is 0 Å². The second-order valence-corrected chi connectivity index (χ2v) is 2.26. The fraction of sp³-hybridized carbons (Fsp3) is 0.818. The van der Waals surface area contributed by atoms with Gasteiger partial charge in [-0.15, -0.1) is 12.3 Å². The topological polar surface area (TPSA) is 0 Å². The molecule has 0 spiro atoms. The average molecular weight is 156 g/mol. The van der Waals surface area contributed by atoms with Gasteiger partial charge in [0.1, 0.15) is 0 Å². The summed E-state index contributed by atoms with van der Waals surface area (Å²) in [4.78, 5) is 0. The van der Waals surface area contributed by atoms with Crippen LogP contribution in [0.15, 0.2) is 0 Å². The quantitative estimate of drug-likeness (QED) is 0.498. The summed E-state index contributed by atoms with van der Waals surface area (Å²) in [6, 6.07) is 0. The highest BCUT2D eigenvalue weighted by Gasteiger charge is 1.56. The zero-order valence-corrected chi connectivity index (χ0v) is 8.91. The van der Waals surface area contributed by atoms with Crippen LogP contribution in [-0.4, -0.2) is 0 Å². The Hall–Kier alpha value is -0.440. The van der Waals surface area contributed by atoms with Crippen LogP contribution in [0.25, 0.3) is 0 Å². The van der Waals surface area contributed by atoms with Crippen LogP contribution in [0.4, 0.5) is 0 Å². The monoisotopic (exact) mass is 156 g/mol. The molecule has 0 N–H and O–H groups in total. The molecule has 0 amide bonds. The van der Waals surface area contributed by atoms with Gasteiger partial charge in [0.2, 0.25) is 0 Å². The van der Waals surface area contributed by atoms with Crippen LogP contribution < -0.4 is 0 Å². The van der Waals surface area contributed by atoms with E-state index in [0.717, 1.165) is 6.42 Å². The number of terminal acetylenes is 1. The molecule has 0 aliphatic carbocycles. The summed E-state index contributed by atoms with van der Waals surface area (Å²) in [6.07, 6.45) is 9.51. The number of hydrogen-bond acceptors (Lipinski definition) is 0. The minimum atomic E-state index is 0.847. The molecule has 0 fully saturated rings. The second-order valence-electron chi connectivity index (χ2n) is 2.26. The zero-order valence-electron chi connectivity index (χ0n) is 8.91. The van der Waals surface area contributed by atoms with Crippen molar-refractivity contribution in [2.24, 2.45) is 0 Å². The lowest BCUT2D eigenvalue weighted by Crippen LogP contribution is -1.47. The molecule has 0 aromatic heterocycles. The lowest BCUT2D eigenvalue weighted by Gasteiger charge is -1.68. The SMILES string of the molecule is C#CCC.CCC.CCCC. The molecule has 68 valence electrons. The van der Waals surface area contributed by atoms with Crippen molar-refractivity contribution in [3.63, 3.8) is 0 Å². The van der Waals surface area contributed by atoms with Crippen molar-refractivity contribution < 1.29 is 0 Å². The van der Waals surface area contributed by atoms with Crippen molar-refractivity contribution in [2.75, 3.05) is 0 Å². The van der Waals surface area contributed by atoms with Gasteiger partial charge in [-0.2, -0.15) is 0 Å². The van der Waals surface area contributed by atoms with E-state index in [9.17, 15) is 0 Å². The average Bonchev–Trinajstić information content (AvgIpc) is 2.06. The van der Waals surface area contributed by atoms with Gasteiger partial charge in [0.15, 0.2) is 0 Å². The van der Waals surface area contributed by atoms with Gasteiger partial charge in [-0.3, -0.25) is 0 Å². The normalized spacial score (nSPS) is 6.18. The Morgan fingerprint density at radius 1 is 0.909 bits per heavy atom. The van der Waals surface area contributed by atoms with E-state index in [1.165, 1.54) is 19.3 Å². The van der Waals surface area contributed by atoms with Crippen LogP contribution in [-0.2, 0) is 0 Å². The predicted molar refractivity (Wildman–Crippen MR) is 55.7 cm³/mol. The second kappa shape index (κ2) is 33.7. The van der Waals surface area contributed by atoms with Crippen molar-refractivity contribution in [3.8, 4) is 12.3 Å². The first-order valence-corrected chi connectivity index (χ1v) is 4.68. The van der Waals surface area contributed by atoms with E-state index in [2.05, 4.69) is 33.6 Å². The standard InChI is InChI=1S/C4H10.C4H6.C3H8/c2*1-3-4-2;1-3-2/h3-4H2,1-2H3;1H,4H2,2H3;3H2,1-2H3. The molecule has 0 aromatic carbocycles. The molecule has 0 aliphatic rings. The Kier molecular flexibility index (Phi) is 51.7. The Morgan fingerprint density at radius 3 is 1.09 bits per heavy atom. The number of hydrogen-bond donors (Lipinski definition) is 0. The van der Waals surface area contributed by atoms with Gasteiger partial charge in [-0.1, -0.05) is 53.9 Å². The van der Waals surface area contributed by atoms with Gasteiger partial charge in [0.05, 0.1) is 0 Å². The van der Waals surface area contributed by atoms with Gasteiger partial charge in [0.25, 0.3) is 0 Å². The minimum Gasteiger partial charge on any atom is -0.120 e. The molecule has 0 radical (unpaired) electrons. The molecule has 0 saturated heterocycles. The van der Waals surface area contributed by atoms with Crippen LogP contribution in [0.2, 0.25) is 0 Å². The third-order valence-electron chi connectivity index (χ3n) is 0.704. The summed E-state index contributed by atoms with van der Waals surface area (Å²) in [5.74, 6) is 2.43. The first kappa shape index (κ1) is 16.9. The molecule has 0 atom stereocenters. The maximum absolute atomic E-state index is 4.78. The van der Waals surface area contributed by atoms with Crippen molar-refractivity contribution in [1.29, 1.82) is 0 Å². The van der Waals surface area contributed by atoms with E-state index in [1.807, 2.05) is 6.92 Å². The van der Waals surface area contributed by atoms with Gasteiger partial charge in [-0.05, 0) is 0 Å². The molecule has 0 aliphatic heterocycles. The largest absolute Gasteiger partial charge is 0.120 e. The van der Waals surface area contributed by atoms with E-state index >= 15 is 0 Å². The van der Waals surface area contributed by atoms with Crippen LogP contribution in [0.1, 0.15) is 60.3 Å². The fourth-order valence-electron chi connectivity index (χ4n) is 0. The fourth-order valence-corrected chi connectivity index (χ4v) is 0. The summed E-state index contributed by atoms with van der Waals surface area (Å²) in [5.41, 5.74) is 0. The maximum Gasteiger partial charge on any atom is 0.00576 e. The van der Waals surface area contributed by atoms with E-state index < -0.39 is 0 Å². The molecule has 0 heterocycles. The van der Waals surface area contributed by atoms with E-state index in [0.29, 0.717) is 0 Å². The molecule has 0 aromatic rings. The predicted octanol–water partition coefficient (Wildman–Crippen LogP) is 4.25. The van der Waals surface area contributed by atoms with Crippen molar-refractivity contribution in [1.82, 2.24) is 0 Å². The van der Waals surface area contributed by atoms with Crippen LogP contribution in [0, 0.1) is 12.3 Å². The number of rotatable bonds is 1. The van der Waals surface area contributed by atoms with Gasteiger partial charge in [-0.25, -0.2) is 0 Å². The Morgan fingerprint density at radius 2 is 1.09 bits per heavy atom. The third-order valence-corrected chi connectivity index (χ3v) is 0.704. The Labute approximate surface area is 73.4 Å². The third kappa shape index (κ3) is 225. The summed E-state index contributed by atoms with van der Waals surface area (Å²) in [7, 11) is 0. The summed E-state index contributed by atoms with van der Waals surface area (Å²) in [6.45, 7) is 10.6. The smallest absolute Gasteiger partial charge is 0.00576 e. The van der Waals surface area contributed by atoms with Crippen molar-refractivity contribution in [2.45, 2.75) is 60.3 Å². The van der Waals surface area contributed by atoms with E-state index in [-0.39, 0.29) is 0 Å². The molecule has 0 rings (SSSR count). The molecule has 0 nitrogen and oxygen atoms in total. The van der Waals surface area contributed by atoms with Crippen LogP contribution in [0.5, 0.6) is 0 Å². The highest BCUT2D eigenvalue weighted by Crippen LogP contribution is 1.76. The lowest BCUT2D eigenvalue weighted by molar-refractivity contribution is 0.886. The van der Waals surface area contributed by atoms with Gasteiger partial charge in [0, 0.05) is 6.42 Å². The summed E-state index contributed by atoms with van der Waals surface area (Å²) < 4.78 is 0. The maximum atomic E-state index is 4.78. The van der Waals surface area contributed by atoms with E-state index in [1.54, 1.807) is 0 Å². The molecular formula is C11H24. The van der Waals surface area contributed by atoms with Crippen molar-refractivity contribution in [3.05, 3.63) is 0 Å². The lowest BCUT2D eigenvalue weighted by atomic mass is 10.4. The number of unbranched alkanes of at least 4 members (excludes halogenated alkanes) is 1. The first-order chi connectivity index (χ1) is 5.24. The Balaban J connectivity index is -0.0000000886. The molecule has 0 heteroatoms. The van der Waals surface area contributed by atoms with Crippen LogP contribution in [0.3, 0.4) is 0 Å².